The summed E-state index contributed by atoms with van der Waals surface area (Å²) in [6, 6.07) is 14.2. The smallest absolute Gasteiger partial charge is 0.265 e. The van der Waals surface area contributed by atoms with Gasteiger partial charge in [-0.3, -0.25) is 4.79 Å². The predicted octanol–water partition coefficient (Wildman–Crippen LogP) is 6.64. The summed E-state index contributed by atoms with van der Waals surface area (Å²) in [5.41, 5.74) is 4.28. The third kappa shape index (κ3) is 5.15. The first-order valence-corrected chi connectivity index (χ1v) is 10.2. The quantitative estimate of drug-likeness (QED) is 0.609. The second-order valence-corrected chi connectivity index (χ2v) is 9.12. The summed E-state index contributed by atoms with van der Waals surface area (Å²) >= 11 is 0. The number of nitrogens with one attached hydrogen (secondary N) is 1. The maximum Gasteiger partial charge on any atom is 0.265 e. The van der Waals surface area contributed by atoms with Gasteiger partial charge in [0, 0.05) is 5.69 Å². The van der Waals surface area contributed by atoms with Crippen LogP contribution in [0.15, 0.2) is 42.5 Å². The van der Waals surface area contributed by atoms with E-state index < -0.39 is 6.10 Å². The molecule has 0 spiro atoms. The standard InChI is InChI=1S/C25H35NO2/c1-16(2)19-12-11-13-20(17(3)4)23(19)26-24(27)18(5)28-22-15-10-9-14-21(22)25(6,7)8/h9-18H,1-8H3,(H,26,27). The van der Waals surface area contributed by atoms with E-state index in [1.54, 1.807) is 0 Å². The Morgan fingerprint density at radius 3 is 1.89 bits per heavy atom. The average molecular weight is 382 g/mol. The van der Waals surface area contributed by atoms with Crippen molar-refractivity contribution in [2.75, 3.05) is 5.32 Å². The summed E-state index contributed by atoms with van der Waals surface area (Å²) in [6.45, 7) is 16.8. The minimum absolute atomic E-state index is 0.0537. The second kappa shape index (κ2) is 8.81. The molecule has 3 heteroatoms. The lowest BCUT2D eigenvalue weighted by Crippen LogP contribution is -2.32. The molecular weight excluding hydrogens is 346 g/mol. The lowest BCUT2D eigenvalue weighted by Gasteiger charge is -2.25. The van der Waals surface area contributed by atoms with E-state index in [9.17, 15) is 4.79 Å². The van der Waals surface area contributed by atoms with Crippen molar-refractivity contribution >= 4 is 11.6 Å². The molecular formula is C25H35NO2. The Morgan fingerprint density at radius 2 is 1.39 bits per heavy atom. The summed E-state index contributed by atoms with van der Waals surface area (Å²) in [7, 11) is 0. The monoisotopic (exact) mass is 381 g/mol. The molecule has 2 aromatic carbocycles. The maximum atomic E-state index is 13.0. The van der Waals surface area contributed by atoms with E-state index in [0.717, 1.165) is 28.1 Å². The normalized spacial score (nSPS) is 12.9. The second-order valence-electron chi connectivity index (χ2n) is 9.12. The molecule has 152 valence electrons. The highest BCUT2D eigenvalue weighted by molar-refractivity contribution is 5.95. The van der Waals surface area contributed by atoms with Crippen LogP contribution in [0, 0.1) is 0 Å². The van der Waals surface area contributed by atoms with Gasteiger partial charge in [0.05, 0.1) is 0 Å². The molecule has 1 amide bonds. The number of carbonyl (C=O) groups excluding carboxylic acids is 1. The molecule has 0 aliphatic rings. The molecule has 2 aromatic rings. The summed E-state index contributed by atoms with van der Waals surface area (Å²) in [5.74, 6) is 1.29. The Bertz CT molecular complexity index is 789. The molecule has 2 rings (SSSR count). The third-order valence-corrected chi connectivity index (χ3v) is 4.99. The zero-order valence-corrected chi connectivity index (χ0v) is 18.6. The number of carbonyl (C=O) groups is 1. The highest BCUT2D eigenvalue weighted by Gasteiger charge is 2.23. The molecule has 0 radical (unpaired) electrons. The number of benzene rings is 2. The van der Waals surface area contributed by atoms with Crippen molar-refractivity contribution in [3.8, 4) is 5.75 Å². The van der Waals surface area contributed by atoms with E-state index in [1.807, 2.05) is 25.1 Å². The number of anilines is 1. The molecule has 0 heterocycles. The molecule has 0 aromatic heterocycles. The first-order chi connectivity index (χ1) is 13.0. The number of para-hydroxylation sites is 2. The van der Waals surface area contributed by atoms with Crippen molar-refractivity contribution in [1.82, 2.24) is 0 Å². The van der Waals surface area contributed by atoms with E-state index >= 15 is 0 Å². The molecule has 1 unspecified atom stereocenters. The Morgan fingerprint density at radius 1 is 0.857 bits per heavy atom. The lowest BCUT2D eigenvalue weighted by molar-refractivity contribution is -0.122. The highest BCUT2D eigenvalue weighted by atomic mass is 16.5. The Labute approximate surface area is 170 Å². The summed E-state index contributed by atoms with van der Waals surface area (Å²) in [4.78, 5) is 13.0. The zero-order valence-electron chi connectivity index (χ0n) is 18.6. The number of hydrogen-bond acceptors (Lipinski definition) is 2. The van der Waals surface area contributed by atoms with Crippen molar-refractivity contribution in [2.24, 2.45) is 0 Å². The third-order valence-electron chi connectivity index (χ3n) is 4.99. The highest BCUT2D eigenvalue weighted by Crippen LogP contribution is 2.34. The summed E-state index contributed by atoms with van der Waals surface area (Å²) < 4.78 is 6.09. The molecule has 0 aliphatic carbocycles. The Hall–Kier alpha value is -2.29. The fourth-order valence-electron chi connectivity index (χ4n) is 3.35. The van der Waals surface area contributed by atoms with Gasteiger partial charge in [0.2, 0.25) is 0 Å². The lowest BCUT2D eigenvalue weighted by atomic mass is 9.86. The summed E-state index contributed by atoms with van der Waals surface area (Å²) in [6.07, 6.45) is -0.594. The Balaban J connectivity index is 2.28. The predicted molar refractivity (Wildman–Crippen MR) is 118 cm³/mol. The maximum absolute atomic E-state index is 13.0. The van der Waals surface area contributed by atoms with E-state index in [2.05, 4.69) is 78.0 Å². The SMILES string of the molecule is CC(Oc1ccccc1C(C)(C)C)C(=O)Nc1c(C(C)C)cccc1C(C)C. The van der Waals surface area contributed by atoms with Crippen molar-refractivity contribution in [3.05, 3.63) is 59.2 Å². The van der Waals surface area contributed by atoms with Crippen LogP contribution in [-0.2, 0) is 10.2 Å². The van der Waals surface area contributed by atoms with E-state index in [-0.39, 0.29) is 11.3 Å². The van der Waals surface area contributed by atoms with Gasteiger partial charge >= 0.3 is 0 Å². The van der Waals surface area contributed by atoms with E-state index in [4.69, 9.17) is 4.74 Å². The minimum Gasteiger partial charge on any atom is -0.481 e. The molecule has 3 nitrogen and oxygen atoms in total. The molecule has 0 saturated carbocycles. The van der Waals surface area contributed by atoms with Gasteiger partial charge in [-0.25, -0.2) is 0 Å². The van der Waals surface area contributed by atoms with Crippen LogP contribution in [0.4, 0.5) is 5.69 Å². The van der Waals surface area contributed by atoms with Gasteiger partial charge < -0.3 is 10.1 Å². The van der Waals surface area contributed by atoms with Gasteiger partial charge in [0.1, 0.15) is 5.75 Å². The number of rotatable bonds is 6. The van der Waals surface area contributed by atoms with Crippen LogP contribution in [0.25, 0.3) is 0 Å². The zero-order chi connectivity index (χ0) is 21.1. The largest absolute Gasteiger partial charge is 0.481 e. The van der Waals surface area contributed by atoms with Gasteiger partial charge in [0.15, 0.2) is 6.10 Å². The van der Waals surface area contributed by atoms with Crippen molar-refractivity contribution in [3.63, 3.8) is 0 Å². The van der Waals surface area contributed by atoms with E-state index in [0.29, 0.717) is 11.8 Å². The van der Waals surface area contributed by atoms with Gasteiger partial charge in [-0.15, -0.1) is 0 Å². The molecule has 28 heavy (non-hydrogen) atoms. The molecule has 0 fully saturated rings. The number of amides is 1. The van der Waals surface area contributed by atoms with Crippen LogP contribution in [-0.4, -0.2) is 12.0 Å². The fourth-order valence-corrected chi connectivity index (χ4v) is 3.35. The van der Waals surface area contributed by atoms with Crippen LogP contribution in [0.3, 0.4) is 0 Å². The van der Waals surface area contributed by atoms with Gasteiger partial charge in [-0.1, -0.05) is 84.9 Å². The molecule has 0 bridgehead atoms. The fraction of sp³-hybridized carbons (Fsp3) is 0.480. The molecule has 0 aliphatic heterocycles. The van der Waals surface area contributed by atoms with Crippen LogP contribution in [0.1, 0.15) is 83.9 Å². The first kappa shape index (κ1) is 22.0. The van der Waals surface area contributed by atoms with Crippen molar-refractivity contribution in [2.45, 2.75) is 78.7 Å². The van der Waals surface area contributed by atoms with E-state index in [1.165, 1.54) is 0 Å². The van der Waals surface area contributed by atoms with Crippen LogP contribution < -0.4 is 10.1 Å². The summed E-state index contributed by atoms with van der Waals surface area (Å²) in [5, 5.41) is 3.16. The number of hydrogen-bond donors (Lipinski definition) is 1. The van der Waals surface area contributed by atoms with Crippen molar-refractivity contribution < 1.29 is 9.53 Å². The van der Waals surface area contributed by atoms with Crippen LogP contribution >= 0.6 is 0 Å². The van der Waals surface area contributed by atoms with Gasteiger partial charge in [-0.2, -0.15) is 0 Å². The Kier molecular flexibility index (Phi) is 6.92. The van der Waals surface area contributed by atoms with Crippen LogP contribution in [0.5, 0.6) is 5.75 Å². The minimum atomic E-state index is -0.594. The molecule has 1 atom stereocenters. The van der Waals surface area contributed by atoms with Gasteiger partial charge in [0.25, 0.3) is 5.91 Å². The molecule has 1 N–H and O–H groups in total. The first-order valence-electron chi connectivity index (χ1n) is 10.2. The average Bonchev–Trinajstić information content (AvgIpc) is 2.60. The molecule has 0 saturated heterocycles. The number of ether oxygens (including phenoxy) is 1. The van der Waals surface area contributed by atoms with Crippen molar-refractivity contribution in [1.29, 1.82) is 0 Å². The topological polar surface area (TPSA) is 38.3 Å². The van der Waals surface area contributed by atoms with Gasteiger partial charge in [-0.05, 0) is 46.9 Å². The van der Waals surface area contributed by atoms with Crippen LogP contribution in [0.2, 0.25) is 0 Å².